The van der Waals surface area contributed by atoms with Crippen LogP contribution >= 0.6 is 0 Å². The molecule has 3 N–H and O–H groups in total. The van der Waals surface area contributed by atoms with Gasteiger partial charge < -0.3 is 20.5 Å². The zero-order valence-corrected chi connectivity index (χ0v) is 10.4. The lowest BCUT2D eigenvalue weighted by atomic mass is 9.93. The van der Waals surface area contributed by atoms with Gasteiger partial charge in [-0.15, -0.1) is 0 Å². The van der Waals surface area contributed by atoms with Crippen molar-refractivity contribution in [2.45, 2.75) is 50.4 Å². The highest BCUT2D eigenvalue weighted by Crippen LogP contribution is 2.18. The summed E-state index contributed by atoms with van der Waals surface area (Å²) in [5, 5.41) is 15.5. The van der Waals surface area contributed by atoms with Gasteiger partial charge in [-0.05, 0) is 32.6 Å². The van der Waals surface area contributed by atoms with E-state index < -0.39 is 0 Å². The number of ether oxygens (including phenoxy) is 1. The van der Waals surface area contributed by atoms with Crippen LogP contribution in [0.25, 0.3) is 0 Å². The maximum atomic E-state index is 11.7. The molecule has 1 aliphatic heterocycles. The zero-order chi connectivity index (χ0) is 12.3. The molecule has 2 aliphatic rings. The topological polar surface area (TPSA) is 70.6 Å². The molecule has 1 heterocycles. The molecule has 2 fully saturated rings. The van der Waals surface area contributed by atoms with Gasteiger partial charge in [0.25, 0.3) is 0 Å². The lowest BCUT2D eigenvalue weighted by Crippen LogP contribution is -2.59. The molecule has 0 atom stereocenters. The van der Waals surface area contributed by atoms with Gasteiger partial charge in [-0.1, -0.05) is 0 Å². The van der Waals surface area contributed by atoms with E-state index in [0.717, 1.165) is 38.8 Å². The van der Waals surface area contributed by atoms with Crippen LogP contribution in [0.15, 0.2) is 0 Å². The Hall–Kier alpha value is -0.650. The fourth-order valence-corrected chi connectivity index (χ4v) is 2.31. The number of hydrogen-bond donors (Lipinski definition) is 3. The van der Waals surface area contributed by atoms with E-state index in [1.54, 1.807) is 0 Å². The van der Waals surface area contributed by atoms with Gasteiger partial charge in [0.2, 0.25) is 5.91 Å². The summed E-state index contributed by atoms with van der Waals surface area (Å²) in [5.41, 5.74) is -0.167. The van der Waals surface area contributed by atoms with Gasteiger partial charge in [0.05, 0.1) is 11.7 Å². The standard InChI is InChI=1S/C12H22N2O3/c1-12(7-13-8-12)17-6-11(16)14-9-2-4-10(15)5-3-9/h9-10,13,15H,2-8H2,1H3,(H,14,16). The molecule has 0 unspecified atom stereocenters. The Kier molecular flexibility index (Phi) is 4.01. The largest absolute Gasteiger partial charge is 0.393 e. The zero-order valence-electron chi connectivity index (χ0n) is 10.4. The maximum Gasteiger partial charge on any atom is 0.246 e. The lowest BCUT2D eigenvalue weighted by Gasteiger charge is -2.39. The predicted octanol–water partition coefficient (Wildman–Crippen LogP) is -0.215. The van der Waals surface area contributed by atoms with Crippen molar-refractivity contribution in [3.63, 3.8) is 0 Å². The molecular weight excluding hydrogens is 220 g/mol. The van der Waals surface area contributed by atoms with E-state index in [1.807, 2.05) is 6.92 Å². The van der Waals surface area contributed by atoms with Gasteiger partial charge in [-0.25, -0.2) is 0 Å². The molecular formula is C12H22N2O3. The molecule has 1 saturated heterocycles. The third kappa shape index (κ3) is 3.66. The number of rotatable bonds is 4. The van der Waals surface area contributed by atoms with Gasteiger partial charge in [0.15, 0.2) is 0 Å². The molecule has 0 radical (unpaired) electrons. The van der Waals surface area contributed by atoms with Gasteiger partial charge in [-0.3, -0.25) is 4.79 Å². The summed E-state index contributed by atoms with van der Waals surface area (Å²) in [5.74, 6) is -0.0421. The van der Waals surface area contributed by atoms with Gasteiger partial charge in [0, 0.05) is 19.1 Å². The molecule has 2 rings (SSSR count). The fraction of sp³-hybridized carbons (Fsp3) is 0.917. The monoisotopic (exact) mass is 242 g/mol. The Labute approximate surface area is 102 Å². The Balaban J connectivity index is 1.63. The number of aliphatic hydroxyl groups is 1. The van der Waals surface area contributed by atoms with Gasteiger partial charge >= 0.3 is 0 Å². The average molecular weight is 242 g/mol. The molecule has 5 heteroatoms. The van der Waals surface area contributed by atoms with Crippen LogP contribution in [-0.2, 0) is 9.53 Å². The van der Waals surface area contributed by atoms with Crippen molar-refractivity contribution in [3.05, 3.63) is 0 Å². The van der Waals surface area contributed by atoms with Crippen LogP contribution in [0.2, 0.25) is 0 Å². The van der Waals surface area contributed by atoms with Crippen molar-refractivity contribution >= 4 is 5.91 Å². The smallest absolute Gasteiger partial charge is 0.246 e. The number of aliphatic hydroxyl groups excluding tert-OH is 1. The normalized spacial score (nSPS) is 31.6. The van der Waals surface area contributed by atoms with Crippen molar-refractivity contribution in [3.8, 4) is 0 Å². The van der Waals surface area contributed by atoms with E-state index in [0.29, 0.717) is 0 Å². The molecule has 1 amide bonds. The molecule has 17 heavy (non-hydrogen) atoms. The van der Waals surface area contributed by atoms with Crippen molar-refractivity contribution < 1.29 is 14.6 Å². The Morgan fingerprint density at radius 1 is 1.41 bits per heavy atom. The number of hydrogen-bond acceptors (Lipinski definition) is 4. The van der Waals surface area contributed by atoms with Crippen LogP contribution in [0.4, 0.5) is 0 Å². The first-order valence-corrected chi connectivity index (χ1v) is 6.39. The minimum absolute atomic E-state index is 0.0421. The molecule has 0 aromatic rings. The van der Waals surface area contributed by atoms with Crippen LogP contribution in [0.1, 0.15) is 32.6 Å². The molecule has 0 aromatic carbocycles. The van der Waals surface area contributed by atoms with Crippen molar-refractivity contribution in [2.75, 3.05) is 19.7 Å². The van der Waals surface area contributed by atoms with E-state index in [4.69, 9.17) is 4.74 Å². The molecule has 1 saturated carbocycles. The quantitative estimate of drug-likeness (QED) is 0.637. The Bertz CT molecular complexity index is 271. The average Bonchev–Trinajstić information content (AvgIpc) is 2.27. The highest BCUT2D eigenvalue weighted by atomic mass is 16.5. The molecule has 98 valence electrons. The summed E-state index contributed by atoms with van der Waals surface area (Å²) in [6.45, 7) is 3.77. The maximum absolute atomic E-state index is 11.7. The molecule has 1 aliphatic carbocycles. The van der Waals surface area contributed by atoms with Crippen molar-refractivity contribution in [1.29, 1.82) is 0 Å². The second kappa shape index (κ2) is 5.33. The van der Waals surface area contributed by atoms with E-state index in [2.05, 4.69) is 10.6 Å². The van der Waals surface area contributed by atoms with Crippen LogP contribution < -0.4 is 10.6 Å². The van der Waals surface area contributed by atoms with Crippen molar-refractivity contribution in [2.24, 2.45) is 0 Å². The number of carbonyl (C=O) groups is 1. The summed E-state index contributed by atoms with van der Waals surface area (Å²) in [6.07, 6.45) is 3.12. The third-order valence-electron chi connectivity index (χ3n) is 3.61. The van der Waals surface area contributed by atoms with Gasteiger partial charge in [0.1, 0.15) is 6.61 Å². The van der Waals surface area contributed by atoms with E-state index in [1.165, 1.54) is 0 Å². The van der Waals surface area contributed by atoms with Gasteiger partial charge in [-0.2, -0.15) is 0 Å². The van der Waals surface area contributed by atoms with E-state index >= 15 is 0 Å². The van der Waals surface area contributed by atoms with E-state index in [-0.39, 0.29) is 30.3 Å². The lowest BCUT2D eigenvalue weighted by molar-refractivity contribution is -0.136. The summed E-state index contributed by atoms with van der Waals surface area (Å²) in [4.78, 5) is 11.7. The molecule has 5 nitrogen and oxygen atoms in total. The summed E-state index contributed by atoms with van der Waals surface area (Å²) < 4.78 is 5.57. The third-order valence-corrected chi connectivity index (χ3v) is 3.61. The Morgan fingerprint density at radius 3 is 2.59 bits per heavy atom. The Morgan fingerprint density at radius 2 is 2.06 bits per heavy atom. The summed E-state index contributed by atoms with van der Waals surface area (Å²) in [6, 6.07) is 0.210. The van der Waals surface area contributed by atoms with Crippen LogP contribution in [0.5, 0.6) is 0 Å². The highest BCUT2D eigenvalue weighted by molar-refractivity contribution is 5.77. The number of carbonyl (C=O) groups excluding carboxylic acids is 1. The molecule has 0 bridgehead atoms. The molecule has 0 spiro atoms. The first-order valence-electron chi connectivity index (χ1n) is 6.39. The number of nitrogens with one attached hydrogen (secondary N) is 2. The highest BCUT2D eigenvalue weighted by Gasteiger charge is 2.33. The van der Waals surface area contributed by atoms with Crippen LogP contribution in [-0.4, -0.2) is 48.5 Å². The summed E-state index contributed by atoms with van der Waals surface area (Å²) >= 11 is 0. The predicted molar refractivity (Wildman–Crippen MR) is 63.6 cm³/mol. The first-order chi connectivity index (χ1) is 8.07. The van der Waals surface area contributed by atoms with Crippen LogP contribution in [0.3, 0.4) is 0 Å². The second-order valence-corrected chi connectivity index (χ2v) is 5.42. The number of amides is 1. The SMILES string of the molecule is CC1(OCC(=O)NC2CCC(O)CC2)CNC1. The minimum Gasteiger partial charge on any atom is -0.393 e. The van der Waals surface area contributed by atoms with Crippen LogP contribution in [0, 0.1) is 0 Å². The fourth-order valence-electron chi connectivity index (χ4n) is 2.31. The molecule has 0 aromatic heterocycles. The first kappa shape index (κ1) is 12.8. The minimum atomic E-state index is -0.181. The summed E-state index contributed by atoms with van der Waals surface area (Å²) in [7, 11) is 0. The van der Waals surface area contributed by atoms with E-state index in [9.17, 15) is 9.90 Å². The second-order valence-electron chi connectivity index (χ2n) is 5.42. The van der Waals surface area contributed by atoms with Crippen molar-refractivity contribution in [1.82, 2.24) is 10.6 Å².